The third-order valence-electron chi connectivity index (χ3n) is 4.19. The molecule has 4 aromatic carbocycles. The smallest absolute Gasteiger partial charge is 0.131 e. The van der Waals surface area contributed by atoms with E-state index in [4.69, 9.17) is 0 Å². The lowest BCUT2D eigenvalue weighted by Crippen LogP contribution is -1.85. The predicted molar refractivity (Wildman–Crippen MR) is 91.9 cm³/mol. The Balaban J connectivity index is 2.07. The standard InChI is InChI=1S/C20H14O3/c21-18-11-17(20(23)15-8-4-3-7-14(15)18)16-10-9-12-5-1-2-6-13(12)19(16)22/h1-11,21-23H. The van der Waals surface area contributed by atoms with E-state index in [0.29, 0.717) is 27.3 Å². The van der Waals surface area contributed by atoms with Gasteiger partial charge in [-0.1, -0.05) is 54.6 Å². The van der Waals surface area contributed by atoms with Crippen molar-refractivity contribution in [2.75, 3.05) is 0 Å². The number of phenols is 3. The summed E-state index contributed by atoms with van der Waals surface area (Å²) in [6, 6.07) is 19.7. The largest absolute Gasteiger partial charge is 0.507 e. The van der Waals surface area contributed by atoms with Crippen LogP contribution in [0.25, 0.3) is 32.7 Å². The molecule has 0 saturated heterocycles. The molecule has 4 rings (SSSR count). The fourth-order valence-electron chi connectivity index (χ4n) is 3.02. The molecule has 0 heterocycles. The van der Waals surface area contributed by atoms with E-state index in [1.807, 2.05) is 30.3 Å². The number of hydrogen-bond acceptors (Lipinski definition) is 3. The van der Waals surface area contributed by atoms with Crippen LogP contribution in [-0.4, -0.2) is 15.3 Å². The van der Waals surface area contributed by atoms with Crippen LogP contribution in [0.2, 0.25) is 0 Å². The Morgan fingerprint density at radius 3 is 1.91 bits per heavy atom. The van der Waals surface area contributed by atoms with Gasteiger partial charge in [0.1, 0.15) is 17.2 Å². The van der Waals surface area contributed by atoms with Gasteiger partial charge in [0.2, 0.25) is 0 Å². The molecule has 3 N–H and O–H groups in total. The average molecular weight is 302 g/mol. The summed E-state index contributed by atoms with van der Waals surface area (Å²) in [5.74, 6) is 0.207. The van der Waals surface area contributed by atoms with E-state index < -0.39 is 0 Å². The summed E-state index contributed by atoms with van der Waals surface area (Å²) in [5.41, 5.74) is 0.895. The summed E-state index contributed by atoms with van der Waals surface area (Å²) >= 11 is 0. The van der Waals surface area contributed by atoms with Crippen molar-refractivity contribution in [1.29, 1.82) is 0 Å². The van der Waals surface area contributed by atoms with Crippen LogP contribution in [0.1, 0.15) is 0 Å². The number of fused-ring (bicyclic) bond motifs is 2. The second-order valence-corrected chi connectivity index (χ2v) is 5.52. The maximum Gasteiger partial charge on any atom is 0.131 e. The summed E-state index contributed by atoms with van der Waals surface area (Å²) in [6.45, 7) is 0. The summed E-state index contributed by atoms with van der Waals surface area (Å²) in [7, 11) is 0. The molecule has 0 fully saturated rings. The van der Waals surface area contributed by atoms with Gasteiger partial charge in [-0.25, -0.2) is 0 Å². The molecule has 112 valence electrons. The van der Waals surface area contributed by atoms with E-state index in [9.17, 15) is 15.3 Å². The molecule has 4 aromatic rings. The normalized spacial score (nSPS) is 11.1. The van der Waals surface area contributed by atoms with Crippen LogP contribution in [-0.2, 0) is 0 Å². The molecule has 0 aliphatic heterocycles. The Hall–Kier alpha value is -3.20. The molecule has 0 radical (unpaired) electrons. The number of aromatic hydroxyl groups is 3. The lowest BCUT2D eigenvalue weighted by Gasteiger charge is -2.13. The molecule has 0 aliphatic carbocycles. The van der Waals surface area contributed by atoms with Crippen LogP contribution in [0.5, 0.6) is 17.2 Å². The maximum absolute atomic E-state index is 10.6. The first kappa shape index (κ1) is 13.5. The fourth-order valence-corrected chi connectivity index (χ4v) is 3.02. The van der Waals surface area contributed by atoms with Crippen LogP contribution in [0.4, 0.5) is 0 Å². The predicted octanol–water partition coefficient (Wildman–Crippen LogP) is 4.78. The highest BCUT2D eigenvalue weighted by Gasteiger charge is 2.16. The van der Waals surface area contributed by atoms with Crippen molar-refractivity contribution >= 4 is 21.5 Å². The topological polar surface area (TPSA) is 60.7 Å². The van der Waals surface area contributed by atoms with E-state index in [0.717, 1.165) is 5.39 Å². The summed E-state index contributed by atoms with van der Waals surface area (Å²) in [4.78, 5) is 0. The highest BCUT2D eigenvalue weighted by molar-refractivity contribution is 6.02. The van der Waals surface area contributed by atoms with Gasteiger partial charge < -0.3 is 15.3 Å². The third-order valence-corrected chi connectivity index (χ3v) is 4.19. The number of phenolic OH excluding ortho intramolecular Hbond substituents is 3. The molecule has 0 spiro atoms. The highest BCUT2D eigenvalue weighted by Crippen LogP contribution is 2.45. The Kier molecular flexibility index (Phi) is 2.88. The minimum absolute atomic E-state index is 0.0454. The molecule has 3 heteroatoms. The maximum atomic E-state index is 10.6. The Morgan fingerprint density at radius 2 is 1.13 bits per heavy atom. The SMILES string of the molecule is Oc1c(-c2cc(O)c3ccccc3c2O)ccc2ccccc12. The Morgan fingerprint density at radius 1 is 0.522 bits per heavy atom. The summed E-state index contributed by atoms with van der Waals surface area (Å²) < 4.78 is 0. The third kappa shape index (κ3) is 1.98. The van der Waals surface area contributed by atoms with Gasteiger partial charge in [0.05, 0.1) is 0 Å². The lowest BCUT2D eigenvalue weighted by atomic mass is 9.96. The first-order chi connectivity index (χ1) is 11.2. The Labute approximate surface area is 132 Å². The van der Waals surface area contributed by atoms with Gasteiger partial charge in [-0.15, -0.1) is 0 Å². The molecule has 0 saturated carbocycles. The van der Waals surface area contributed by atoms with Gasteiger partial charge in [-0.2, -0.15) is 0 Å². The van der Waals surface area contributed by atoms with Gasteiger partial charge in [-0.3, -0.25) is 0 Å². The molecule has 0 atom stereocenters. The van der Waals surface area contributed by atoms with Gasteiger partial charge in [-0.05, 0) is 17.5 Å². The first-order valence-corrected chi connectivity index (χ1v) is 7.31. The molecule has 0 unspecified atom stereocenters. The lowest BCUT2D eigenvalue weighted by molar-refractivity contribution is 0.468. The van der Waals surface area contributed by atoms with Crippen LogP contribution in [0, 0.1) is 0 Å². The minimum Gasteiger partial charge on any atom is -0.507 e. The Bertz CT molecular complexity index is 1050. The zero-order valence-electron chi connectivity index (χ0n) is 12.2. The van der Waals surface area contributed by atoms with Gasteiger partial charge in [0.15, 0.2) is 0 Å². The quantitative estimate of drug-likeness (QED) is 0.444. The number of benzene rings is 4. The zero-order valence-corrected chi connectivity index (χ0v) is 12.2. The summed E-state index contributed by atoms with van der Waals surface area (Å²) in [6.07, 6.45) is 0. The van der Waals surface area contributed by atoms with E-state index in [1.54, 1.807) is 30.3 Å². The molecular formula is C20H14O3. The van der Waals surface area contributed by atoms with Crippen molar-refractivity contribution in [1.82, 2.24) is 0 Å². The van der Waals surface area contributed by atoms with Crippen molar-refractivity contribution in [3.8, 4) is 28.4 Å². The van der Waals surface area contributed by atoms with Crippen LogP contribution in [0.15, 0.2) is 66.7 Å². The second kappa shape index (κ2) is 4.92. The van der Waals surface area contributed by atoms with Crippen molar-refractivity contribution < 1.29 is 15.3 Å². The molecule has 0 amide bonds. The fraction of sp³-hybridized carbons (Fsp3) is 0. The van der Waals surface area contributed by atoms with Gasteiger partial charge in [0.25, 0.3) is 0 Å². The van der Waals surface area contributed by atoms with Crippen LogP contribution in [0.3, 0.4) is 0 Å². The summed E-state index contributed by atoms with van der Waals surface area (Å²) in [5, 5.41) is 34.2. The minimum atomic E-state index is 0.0454. The van der Waals surface area contributed by atoms with Gasteiger partial charge in [0, 0.05) is 27.3 Å². The van der Waals surface area contributed by atoms with Crippen LogP contribution < -0.4 is 0 Å². The number of hydrogen-bond donors (Lipinski definition) is 3. The molecule has 0 aromatic heterocycles. The molecule has 3 nitrogen and oxygen atoms in total. The average Bonchev–Trinajstić information content (AvgIpc) is 2.59. The van der Waals surface area contributed by atoms with Crippen molar-refractivity contribution in [3.63, 3.8) is 0 Å². The molecule has 0 aliphatic rings. The highest BCUT2D eigenvalue weighted by atomic mass is 16.3. The van der Waals surface area contributed by atoms with E-state index in [-0.39, 0.29) is 17.2 Å². The van der Waals surface area contributed by atoms with E-state index >= 15 is 0 Å². The molecule has 23 heavy (non-hydrogen) atoms. The number of rotatable bonds is 1. The van der Waals surface area contributed by atoms with E-state index in [1.165, 1.54) is 6.07 Å². The van der Waals surface area contributed by atoms with Crippen molar-refractivity contribution in [2.45, 2.75) is 0 Å². The van der Waals surface area contributed by atoms with Crippen LogP contribution >= 0.6 is 0 Å². The van der Waals surface area contributed by atoms with Crippen molar-refractivity contribution in [2.24, 2.45) is 0 Å². The van der Waals surface area contributed by atoms with Gasteiger partial charge >= 0.3 is 0 Å². The monoisotopic (exact) mass is 302 g/mol. The van der Waals surface area contributed by atoms with Crippen molar-refractivity contribution in [3.05, 3.63) is 66.7 Å². The molecule has 0 bridgehead atoms. The zero-order chi connectivity index (χ0) is 16.0. The first-order valence-electron chi connectivity index (χ1n) is 7.31. The van der Waals surface area contributed by atoms with E-state index in [2.05, 4.69) is 0 Å². The molecular weight excluding hydrogens is 288 g/mol. The second-order valence-electron chi connectivity index (χ2n) is 5.52.